The second kappa shape index (κ2) is 6.14. The Bertz CT molecular complexity index is 456. The molecule has 0 spiro atoms. The normalized spacial score (nSPS) is 11.8. The van der Waals surface area contributed by atoms with Crippen LogP contribution in [-0.4, -0.2) is 11.9 Å². The highest BCUT2D eigenvalue weighted by Gasteiger charge is 2.14. The zero-order chi connectivity index (χ0) is 13.7. The van der Waals surface area contributed by atoms with Gasteiger partial charge < -0.3 is 9.47 Å². The molecule has 0 aliphatic heterocycles. The minimum absolute atomic E-state index is 0.0475. The van der Waals surface area contributed by atoms with Gasteiger partial charge in [0, 0.05) is 13.8 Å². The van der Waals surface area contributed by atoms with Gasteiger partial charge in [-0.3, -0.25) is 9.59 Å². The van der Waals surface area contributed by atoms with Crippen LogP contribution in [0, 0.1) is 0 Å². The van der Waals surface area contributed by atoms with E-state index in [0.717, 1.165) is 0 Å². The summed E-state index contributed by atoms with van der Waals surface area (Å²) in [5.41, 5.74) is 0.379. The fourth-order valence-electron chi connectivity index (χ4n) is 1.43. The Morgan fingerprint density at radius 2 is 1.72 bits per heavy atom. The molecule has 98 valence electrons. The van der Waals surface area contributed by atoms with Crippen molar-refractivity contribution in [2.75, 3.05) is 0 Å². The third-order valence-electron chi connectivity index (χ3n) is 2.20. The summed E-state index contributed by atoms with van der Waals surface area (Å²) in [6.45, 7) is 4.16. The summed E-state index contributed by atoms with van der Waals surface area (Å²) >= 11 is 0. The number of ether oxygens (including phenoxy) is 2. The second-order valence-electron chi connectivity index (χ2n) is 3.77. The third-order valence-corrected chi connectivity index (χ3v) is 2.20. The van der Waals surface area contributed by atoms with Gasteiger partial charge in [-0.05, 0) is 24.1 Å². The van der Waals surface area contributed by atoms with Crippen LogP contribution >= 0.6 is 0 Å². The molecule has 1 aromatic rings. The van der Waals surface area contributed by atoms with Crippen molar-refractivity contribution in [3.05, 3.63) is 23.8 Å². The summed E-state index contributed by atoms with van der Waals surface area (Å²) in [4.78, 5) is 21.8. The fraction of sp³-hybridized carbons (Fsp3) is 0.385. The monoisotopic (exact) mass is 254 g/mol. The van der Waals surface area contributed by atoms with Crippen molar-refractivity contribution in [3.8, 4) is 11.5 Å². The molecule has 0 aliphatic carbocycles. The molecule has 18 heavy (non-hydrogen) atoms. The second-order valence-corrected chi connectivity index (χ2v) is 3.77. The number of carbonyl (C=O) groups excluding carboxylic acids is 2. The lowest BCUT2D eigenvalue weighted by Gasteiger charge is -2.12. The molecule has 0 saturated heterocycles. The number of benzene rings is 1. The third kappa shape index (κ3) is 3.84. The van der Waals surface area contributed by atoms with Gasteiger partial charge in [-0.1, -0.05) is 13.0 Å². The quantitative estimate of drug-likeness (QED) is 0.612. The maximum atomic E-state index is 13.5. The molecule has 4 nitrogen and oxygen atoms in total. The molecular weight excluding hydrogens is 239 g/mol. The van der Waals surface area contributed by atoms with Gasteiger partial charge in [0.1, 0.15) is 6.17 Å². The van der Waals surface area contributed by atoms with Gasteiger partial charge in [0.25, 0.3) is 0 Å². The Kier molecular flexibility index (Phi) is 4.83. The number of alkyl halides is 1. The Hall–Kier alpha value is -1.91. The van der Waals surface area contributed by atoms with Crippen LogP contribution < -0.4 is 9.47 Å². The van der Waals surface area contributed by atoms with E-state index in [4.69, 9.17) is 9.47 Å². The molecule has 0 fully saturated rings. The molecule has 0 saturated carbocycles. The van der Waals surface area contributed by atoms with E-state index in [9.17, 15) is 14.0 Å². The van der Waals surface area contributed by atoms with Gasteiger partial charge in [-0.2, -0.15) is 0 Å². The zero-order valence-electron chi connectivity index (χ0n) is 10.5. The van der Waals surface area contributed by atoms with E-state index >= 15 is 0 Å². The average Bonchev–Trinajstić information content (AvgIpc) is 2.29. The average molecular weight is 254 g/mol. The maximum absolute atomic E-state index is 13.5. The molecule has 1 rings (SSSR count). The van der Waals surface area contributed by atoms with Crippen molar-refractivity contribution in [3.63, 3.8) is 0 Å². The molecule has 0 aromatic heterocycles. The van der Waals surface area contributed by atoms with Crippen molar-refractivity contribution in [1.29, 1.82) is 0 Å². The predicted molar refractivity (Wildman–Crippen MR) is 63.2 cm³/mol. The Morgan fingerprint density at radius 1 is 1.17 bits per heavy atom. The van der Waals surface area contributed by atoms with Gasteiger partial charge >= 0.3 is 11.9 Å². The van der Waals surface area contributed by atoms with Crippen LogP contribution in [0.5, 0.6) is 11.5 Å². The first-order valence-electron chi connectivity index (χ1n) is 5.59. The Labute approximate surface area is 105 Å². The van der Waals surface area contributed by atoms with E-state index in [1.54, 1.807) is 6.92 Å². The summed E-state index contributed by atoms with van der Waals surface area (Å²) < 4.78 is 23.3. The lowest BCUT2D eigenvalue weighted by molar-refractivity contribution is -0.134. The van der Waals surface area contributed by atoms with Gasteiger partial charge in [0.2, 0.25) is 0 Å². The maximum Gasteiger partial charge on any atom is 0.308 e. The molecule has 0 bridgehead atoms. The molecule has 0 aliphatic rings. The first-order valence-corrected chi connectivity index (χ1v) is 5.59. The van der Waals surface area contributed by atoms with Crippen molar-refractivity contribution in [2.24, 2.45) is 0 Å². The molecule has 0 radical (unpaired) electrons. The van der Waals surface area contributed by atoms with Crippen molar-refractivity contribution in [1.82, 2.24) is 0 Å². The lowest BCUT2D eigenvalue weighted by atomic mass is 10.1. The zero-order valence-corrected chi connectivity index (χ0v) is 10.5. The van der Waals surface area contributed by atoms with E-state index in [1.165, 1.54) is 32.0 Å². The number of halogens is 1. The summed E-state index contributed by atoms with van der Waals surface area (Å²) in [6.07, 6.45) is -0.836. The van der Waals surface area contributed by atoms with Crippen LogP contribution in [0.3, 0.4) is 0 Å². The first-order chi connectivity index (χ1) is 8.43. The van der Waals surface area contributed by atoms with Gasteiger partial charge in [-0.25, -0.2) is 4.39 Å². The largest absolute Gasteiger partial charge is 0.423 e. The van der Waals surface area contributed by atoms with Crippen LogP contribution in [0.15, 0.2) is 18.2 Å². The molecular formula is C13H15FO4. The highest BCUT2D eigenvalue weighted by Crippen LogP contribution is 2.32. The summed E-state index contributed by atoms with van der Waals surface area (Å²) in [6, 6.07) is 4.28. The molecule has 1 unspecified atom stereocenters. The number of rotatable bonds is 4. The summed E-state index contributed by atoms with van der Waals surface area (Å²) in [5.74, 6) is -0.952. The van der Waals surface area contributed by atoms with E-state index in [0.29, 0.717) is 12.0 Å². The fourth-order valence-corrected chi connectivity index (χ4v) is 1.43. The topological polar surface area (TPSA) is 52.6 Å². The van der Waals surface area contributed by atoms with Gasteiger partial charge in [0.05, 0.1) is 0 Å². The number of hydrogen-bond acceptors (Lipinski definition) is 4. The van der Waals surface area contributed by atoms with E-state index in [1.807, 2.05) is 0 Å². The molecule has 1 atom stereocenters. The SMILES string of the molecule is CCC(F)c1ccc(OC(C)=O)c(OC(C)=O)c1. The van der Waals surface area contributed by atoms with Crippen LogP contribution in [0.2, 0.25) is 0 Å². The van der Waals surface area contributed by atoms with Crippen LogP contribution in [0.25, 0.3) is 0 Å². The minimum atomic E-state index is -1.15. The number of hydrogen-bond donors (Lipinski definition) is 0. The molecule has 1 aromatic carbocycles. The number of esters is 2. The van der Waals surface area contributed by atoms with E-state index < -0.39 is 18.1 Å². The summed E-state index contributed by atoms with van der Waals surface area (Å²) in [5, 5.41) is 0. The van der Waals surface area contributed by atoms with Crippen molar-refractivity contribution in [2.45, 2.75) is 33.4 Å². The Morgan fingerprint density at radius 3 is 2.22 bits per heavy atom. The van der Waals surface area contributed by atoms with Gasteiger partial charge in [-0.15, -0.1) is 0 Å². The van der Waals surface area contributed by atoms with Crippen molar-refractivity contribution < 1.29 is 23.5 Å². The minimum Gasteiger partial charge on any atom is -0.423 e. The first kappa shape index (κ1) is 14.2. The van der Waals surface area contributed by atoms with Crippen LogP contribution in [0.4, 0.5) is 4.39 Å². The van der Waals surface area contributed by atoms with Crippen LogP contribution in [0.1, 0.15) is 38.9 Å². The van der Waals surface area contributed by atoms with Crippen molar-refractivity contribution >= 4 is 11.9 Å². The highest BCUT2D eigenvalue weighted by atomic mass is 19.1. The lowest BCUT2D eigenvalue weighted by Crippen LogP contribution is -2.07. The molecule has 5 heteroatoms. The number of carbonyl (C=O) groups is 2. The standard InChI is InChI=1S/C13H15FO4/c1-4-11(14)10-5-6-12(17-8(2)15)13(7-10)18-9(3)16/h5-7,11H,4H2,1-3H3. The summed E-state index contributed by atoms with van der Waals surface area (Å²) in [7, 11) is 0. The predicted octanol–water partition coefficient (Wildman–Crippen LogP) is 2.96. The van der Waals surface area contributed by atoms with E-state index in [2.05, 4.69) is 0 Å². The van der Waals surface area contributed by atoms with E-state index in [-0.39, 0.29) is 11.5 Å². The Balaban J connectivity index is 3.11. The van der Waals surface area contributed by atoms with Gasteiger partial charge in [0.15, 0.2) is 11.5 Å². The molecule has 0 N–H and O–H groups in total. The highest BCUT2D eigenvalue weighted by molar-refractivity contribution is 5.73. The molecule has 0 heterocycles. The van der Waals surface area contributed by atoms with Crippen LogP contribution in [-0.2, 0) is 9.59 Å². The smallest absolute Gasteiger partial charge is 0.308 e. The molecule has 0 amide bonds.